The summed E-state index contributed by atoms with van der Waals surface area (Å²) in [5, 5.41) is 0. The summed E-state index contributed by atoms with van der Waals surface area (Å²) in [5.74, 6) is -0.489. The highest BCUT2D eigenvalue weighted by Gasteiger charge is 2.30. The molecule has 3 aromatic rings. The average Bonchev–Trinajstić information content (AvgIpc) is 2.68. The average molecular weight is 371 g/mol. The van der Waals surface area contributed by atoms with Crippen molar-refractivity contribution in [1.82, 2.24) is 0 Å². The van der Waals surface area contributed by atoms with Crippen LogP contribution in [-0.4, -0.2) is 5.91 Å². The van der Waals surface area contributed by atoms with Crippen molar-refractivity contribution in [3.63, 3.8) is 0 Å². The van der Waals surface area contributed by atoms with Crippen LogP contribution in [0.3, 0.4) is 0 Å². The van der Waals surface area contributed by atoms with Crippen molar-refractivity contribution in [2.24, 2.45) is 0 Å². The fourth-order valence-corrected chi connectivity index (χ4v) is 2.81. The molecule has 1 N–H and O–H groups in total. The third-order valence-corrected chi connectivity index (χ3v) is 4.33. The van der Waals surface area contributed by atoms with Crippen LogP contribution in [0.4, 0.5) is 13.2 Å². The van der Waals surface area contributed by atoms with Crippen LogP contribution in [0.2, 0.25) is 0 Å². The molecule has 1 aromatic heterocycles. The number of carbonyl (C=O) groups excluding carboxylic acids is 1. The number of hydrogen-bond acceptors (Lipinski definition) is 1. The van der Waals surface area contributed by atoms with E-state index >= 15 is 0 Å². The first-order chi connectivity index (χ1) is 12.9. The monoisotopic (exact) mass is 371 g/mol. The van der Waals surface area contributed by atoms with Gasteiger partial charge < -0.3 is 0 Å². The first-order valence-electron chi connectivity index (χ1n) is 8.40. The molecule has 138 valence electrons. The van der Waals surface area contributed by atoms with Crippen LogP contribution in [0.25, 0.3) is 0 Å². The second-order valence-corrected chi connectivity index (χ2v) is 6.14. The number of pyridine rings is 1. The molecule has 1 amide bonds. The molecule has 1 heterocycles. The van der Waals surface area contributed by atoms with Gasteiger partial charge in [0.05, 0.1) is 11.5 Å². The Hall–Kier alpha value is -3.15. The van der Waals surface area contributed by atoms with E-state index in [4.69, 9.17) is 0 Å². The van der Waals surface area contributed by atoms with Crippen LogP contribution in [0.5, 0.6) is 0 Å². The number of aromatic nitrogens is 1. The van der Waals surface area contributed by atoms with E-state index in [0.717, 1.165) is 23.4 Å². The Kier molecular flexibility index (Phi) is 5.26. The lowest BCUT2D eigenvalue weighted by atomic mass is 9.96. The minimum Gasteiger partial charge on any atom is -0.264 e. The molecule has 1 atom stereocenters. The summed E-state index contributed by atoms with van der Waals surface area (Å²) in [5.41, 5.74) is 4.11. The third kappa shape index (κ3) is 4.34. The van der Waals surface area contributed by atoms with Crippen LogP contribution in [0.15, 0.2) is 79.0 Å². The Morgan fingerprint density at radius 3 is 2.19 bits per heavy atom. The van der Waals surface area contributed by atoms with Gasteiger partial charge in [0.15, 0.2) is 6.20 Å². The summed E-state index contributed by atoms with van der Waals surface area (Å²) < 4.78 is 39.9. The second kappa shape index (κ2) is 7.61. The minimum absolute atomic E-state index is 0.218. The number of hydrogen-bond donors (Lipinski definition) is 1. The standard InChI is InChI=1S/C21H17F3N2O/c1-15(16-10-12-18(13-11-16)21(22,23)24)19-9-5-6-14-26(19)25-20(27)17-7-3-2-4-8-17/h2-15H,1H3/p+1. The van der Waals surface area contributed by atoms with Gasteiger partial charge in [-0.15, -0.1) is 5.43 Å². The topological polar surface area (TPSA) is 33.0 Å². The van der Waals surface area contributed by atoms with E-state index in [0.29, 0.717) is 5.56 Å². The number of nitrogens with zero attached hydrogens (tertiary/aromatic N) is 1. The maximum atomic E-state index is 12.8. The van der Waals surface area contributed by atoms with E-state index < -0.39 is 11.7 Å². The Bertz CT molecular complexity index is 922. The quantitative estimate of drug-likeness (QED) is 0.672. The van der Waals surface area contributed by atoms with Crippen LogP contribution in [0.1, 0.15) is 40.0 Å². The van der Waals surface area contributed by atoms with Crippen LogP contribution in [-0.2, 0) is 6.18 Å². The van der Waals surface area contributed by atoms with Crippen LogP contribution in [0, 0.1) is 0 Å². The summed E-state index contributed by atoms with van der Waals surface area (Å²) in [6.07, 6.45) is -2.66. The number of alkyl halides is 3. The van der Waals surface area contributed by atoms with Crippen LogP contribution < -0.4 is 10.1 Å². The molecule has 0 aliphatic carbocycles. The van der Waals surface area contributed by atoms with Gasteiger partial charge in [-0.3, -0.25) is 4.79 Å². The number of halogens is 3. The van der Waals surface area contributed by atoms with Gasteiger partial charge in [-0.2, -0.15) is 13.2 Å². The van der Waals surface area contributed by atoms with E-state index in [-0.39, 0.29) is 11.8 Å². The maximum absolute atomic E-state index is 12.8. The Morgan fingerprint density at radius 1 is 0.926 bits per heavy atom. The molecule has 0 saturated heterocycles. The Morgan fingerprint density at radius 2 is 1.56 bits per heavy atom. The van der Waals surface area contributed by atoms with E-state index in [1.54, 1.807) is 41.2 Å². The Labute approximate surface area is 155 Å². The summed E-state index contributed by atoms with van der Waals surface area (Å²) >= 11 is 0. The van der Waals surface area contributed by atoms with Gasteiger partial charge in [0.2, 0.25) is 5.69 Å². The van der Waals surface area contributed by atoms with Crippen LogP contribution >= 0.6 is 0 Å². The maximum Gasteiger partial charge on any atom is 0.416 e. The predicted octanol–water partition coefficient (Wildman–Crippen LogP) is 4.53. The number of carbonyl (C=O) groups is 1. The van der Waals surface area contributed by atoms with E-state index in [1.807, 2.05) is 25.1 Å². The van der Waals surface area contributed by atoms with E-state index in [1.165, 1.54) is 12.1 Å². The van der Waals surface area contributed by atoms with Crippen molar-refractivity contribution in [2.45, 2.75) is 19.0 Å². The van der Waals surface area contributed by atoms with Crippen molar-refractivity contribution in [3.05, 3.63) is 101 Å². The van der Waals surface area contributed by atoms with Gasteiger partial charge >= 0.3 is 12.1 Å². The zero-order valence-electron chi connectivity index (χ0n) is 14.6. The molecule has 0 aliphatic heterocycles. The zero-order chi connectivity index (χ0) is 19.4. The smallest absolute Gasteiger partial charge is 0.264 e. The van der Waals surface area contributed by atoms with Crippen molar-refractivity contribution in [3.8, 4) is 0 Å². The van der Waals surface area contributed by atoms with E-state index in [2.05, 4.69) is 5.43 Å². The fourth-order valence-electron chi connectivity index (χ4n) is 2.81. The normalized spacial score (nSPS) is 12.4. The lowest BCUT2D eigenvalue weighted by Crippen LogP contribution is -2.51. The summed E-state index contributed by atoms with van der Waals surface area (Å²) in [6.45, 7) is 1.88. The first-order valence-corrected chi connectivity index (χ1v) is 8.40. The SMILES string of the molecule is CC(c1ccc(C(F)(F)F)cc1)c1cccc[n+]1NC(=O)c1ccccc1. The summed E-state index contributed by atoms with van der Waals surface area (Å²) in [7, 11) is 0. The van der Waals surface area contributed by atoms with Gasteiger partial charge in [0, 0.05) is 17.7 Å². The molecule has 0 saturated carbocycles. The van der Waals surface area contributed by atoms with Crippen molar-refractivity contribution >= 4 is 5.91 Å². The first kappa shape index (κ1) is 18.6. The lowest BCUT2D eigenvalue weighted by Gasteiger charge is -2.13. The number of rotatable bonds is 4. The molecule has 3 rings (SSSR count). The summed E-state index contributed by atoms with van der Waals surface area (Å²) in [4.78, 5) is 12.4. The second-order valence-electron chi connectivity index (χ2n) is 6.14. The number of benzene rings is 2. The highest BCUT2D eigenvalue weighted by atomic mass is 19.4. The van der Waals surface area contributed by atoms with Crippen molar-refractivity contribution in [1.29, 1.82) is 0 Å². The lowest BCUT2D eigenvalue weighted by molar-refractivity contribution is -0.650. The third-order valence-electron chi connectivity index (χ3n) is 4.33. The van der Waals surface area contributed by atoms with Crippen molar-refractivity contribution < 1.29 is 22.6 Å². The van der Waals surface area contributed by atoms with Gasteiger partial charge in [-0.25, -0.2) is 0 Å². The number of amides is 1. The van der Waals surface area contributed by atoms with Gasteiger partial charge in [0.1, 0.15) is 0 Å². The predicted molar refractivity (Wildman–Crippen MR) is 95.7 cm³/mol. The van der Waals surface area contributed by atoms with Gasteiger partial charge in [0.25, 0.3) is 0 Å². The molecule has 2 aromatic carbocycles. The molecule has 0 bridgehead atoms. The molecule has 1 unspecified atom stereocenters. The molecule has 0 radical (unpaired) electrons. The zero-order valence-corrected chi connectivity index (χ0v) is 14.6. The Balaban J connectivity index is 1.86. The highest BCUT2D eigenvalue weighted by molar-refractivity contribution is 5.98. The number of nitrogens with one attached hydrogen (secondary N) is 1. The molecule has 0 spiro atoms. The molecule has 0 fully saturated rings. The molecule has 6 heteroatoms. The molecule has 3 nitrogen and oxygen atoms in total. The highest BCUT2D eigenvalue weighted by Crippen LogP contribution is 2.31. The molecule has 0 aliphatic rings. The fraction of sp³-hybridized carbons (Fsp3) is 0.143. The minimum atomic E-state index is -4.36. The van der Waals surface area contributed by atoms with E-state index in [9.17, 15) is 18.0 Å². The molecular weight excluding hydrogens is 353 g/mol. The largest absolute Gasteiger partial charge is 0.416 e. The summed E-state index contributed by atoms with van der Waals surface area (Å²) in [6, 6.07) is 19.3. The van der Waals surface area contributed by atoms with Crippen molar-refractivity contribution in [2.75, 3.05) is 5.43 Å². The van der Waals surface area contributed by atoms with Gasteiger partial charge in [-0.1, -0.05) is 35.0 Å². The molecular formula is C21H18F3N2O+. The van der Waals surface area contributed by atoms with Gasteiger partial charge in [-0.05, 0) is 42.8 Å². The molecule has 27 heavy (non-hydrogen) atoms.